The van der Waals surface area contributed by atoms with E-state index in [4.69, 9.17) is 10.8 Å². The van der Waals surface area contributed by atoms with Crippen LogP contribution in [0.4, 0.5) is 0 Å². The molecule has 4 N–H and O–H groups in total. The maximum atomic E-state index is 11.7. The Morgan fingerprint density at radius 2 is 1.90 bits per heavy atom. The molecule has 0 rings (SSSR count). The minimum atomic E-state index is -1.17. The van der Waals surface area contributed by atoms with Crippen LogP contribution in [-0.4, -0.2) is 42.1 Å². The molecule has 0 aliphatic heterocycles. The van der Waals surface area contributed by atoms with E-state index in [2.05, 4.69) is 17.0 Å². The van der Waals surface area contributed by atoms with Crippen molar-refractivity contribution < 1.29 is 24.2 Å². The SMILES string of the molecule is CCCCCC[C@H](NC(=O)[C@@H](N)CC(=O)O)C(=O)OC. The number of aliphatic carboxylic acids is 1. The monoisotopic (exact) mass is 288 g/mol. The number of ether oxygens (including phenoxy) is 1. The number of unbranched alkanes of at least 4 members (excludes halogenated alkanes) is 3. The Morgan fingerprint density at radius 3 is 2.40 bits per heavy atom. The van der Waals surface area contributed by atoms with Crippen LogP contribution in [0.3, 0.4) is 0 Å². The minimum absolute atomic E-state index is 0.457. The van der Waals surface area contributed by atoms with Gasteiger partial charge in [0.15, 0.2) is 0 Å². The maximum Gasteiger partial charge on any atom is 0.328 e. The molecule has 0 radical (unpaired) electrons. The van der Waals surface area contributed by atoms with E-state index in [0.29, 0.717) is 6.42 Å². The molecular weight excluding hydrogens is 264 g/mol. The minimum Gasteiger partial charge on any atom is -0.481 e. The average Bonchev–Trinajstić information content (AvgIpc) is 2.40. The van der Waals surface area contributed by atoms with Gasteiger partial charge in [0.1, 0.15) is 6.04 Å². The summed E-state index contributed by atoms with van der Waals surface area (Å²) in [5, 5.41) is 11.0. The summed E-state index contributed by atoms with van der Waals surface area (Å²) in [6, 6.07) is -1.94. The van der Waals surface area contributed by atoms with E-state index < -0.39 is 36.4 Å². The topological polar surface area (TPSA) is 119 Å². The van der Waals surface area contributed by atoms with Crippen molar-refractivity contribution in [1.29, 1.82) is 0 Å². The second kappa shape index (κ2) is 10.2. The number of hydrogen-bond acceptors (Lipinski definition) is 5. The molecule has 1 amide bonds. The van der Waals surface area contributed by atoms with Gasteiger partial charge < -0.3 is 20.9 Å². The molecule has 0 saturated heterocycles. The summed E-state index contributed by atoms with van der Waals surface area (Å²) in [5.41, 5.74) is 5.44. The van der Waals surface area contributed by atoms with Crippen molar-refractivity contribution in [2.75, 3.05) is 7.11 Å². The number of nitrogens with two attached hydrogens (primary N) is 1. The highest BCUT2D eigenvalue weighted by Gasteiger charge is 2.25. The number of nitrogens with one attached hydrogen (secondary N) is 1. The number of methoxy groups -OCH3 is 1. The number of amides is 1. The largest absolute Gasteiger partial charge is 0.481 e. The lowest BCUT2D eigenvalue weighted by Crippen LogP contribution is -2.49. The predicted molar refractivity (Wildman–Crippen MR) is 72.9 cm³/mol. The first-order valence-corrected chi connectivity index (χ1v) is 6.77. The van der Waals surface area contributed by atoms with E-state index in [0.717, 1.165) is 25.7 Å². The number of rotatable bonds is 10. The van der Waals surface area contributed by atoms with Gasteiger partial charge in [-0.2, -0.15) is 0 Å². The second-order valence-corrected chi connectivity index (χ2v) is 4.64. The Kier molecular flexibility index (Phi) is 9.36. The first-order valence-electron chi connectivity index (χ1n) is 6.77. The van der Waals surface area contributed by atoms with Gasteiger partial charge in [-0.1, -0.05) is 32.6 Å². The highest BCUT2D eigenvalue weighted by Crippen LogP contribution is 2.07. The van der Waals surface area contributed by atoms with E-state index in [-0.39, 0.29) is 0 Å². The van der Waals surface area contributed by atoms with Gasteiger partial charge in [-0.3, -0.25) is 9.59 Å². The molecule has 116 valence electrons. The second-order valence-electron chi connectivity index (χ2n) is 4.64. The molecule has 2 atom stereocenters. The van der Waals surface area contributed by atoms with Crippen molar-refractivity contribution in [1.82, 2.24) is 5.32 Å². The molecule has 0 aromatic carbocycles. The van der Waals surface area contributed by atoms with Crippen LogP contribution in [0.25, 0.3) is 0 Å². The van der Waals surface area contributed by atoms with Gasteiger partial charge >= 0.3 is 11.9 Å². The zero-order chi connectivity index (χ0) is 15.5. The molecular formula is C13H24N2O5. The summed E-state index contributed by atoms with van der Waals surface area (Å²) >= 11 is 0. The number of esters is 1. The Balaban J connectivity index is 4.37. The van der Waals surface area contributed by atoms with Crippen LogP contribution in [0.5, 0.6) is 0 Å². The Hall–Kier alpha value is -1.63. The van der Waals surface area contributed by atoms with Gasteiger partial charge in [-0.25, -0.2) is 4.79 Å². The summed E-state index contributed by atoms with van der Waals surface area (Å²) in [5.74, 6) is -2.36. The summed E-state index contributed by atoms with van der Waals surface area (Å²) in [4.78, 5) is 33.7. The molecule has 0 spiro atoms. The van der Waals surface area contributed by atoms with Gasteiger partial charge in [0, 0.05) is 0 Å². The normalized spacial score (nSPS) is 13.3. The zero-order valence-electron chi connectivity index (χ0n) is 12.1. The lowest BCUT2D eigenvalue weighted by atomic mass is 10.1. The van der Waals surface area contributed by atoms with E-state index in [1.807, 2.05) is 0 Å². The molecule has 0 aliphatic carbocycles. The molecule has 7 nitrogen and oxygen atoms in total. The summed E-state index contributed by atoms with van der Waals surface area (Å²) in [6.45, 7) is 2.07. The first kappa shape index (κ1) is 18.4. The standard InChI is InChI=1S/C13H24N2O5/c1-3-4-5-6-7-10(13(19)20-2)15-12(18)9(14)8-11(16)17/h9-10H,3-8,14H2,1-2H3,(H,15,18)(H,16,17)/t9-,10-/m0/s1. The number of carbonyl (C=O) groups excluding carboxylic acids is 2. The first-order chi connectivity index (χ1) is 9.42. The number of carboxylic acids is 1. The van der Waals surface area contributed by atoms with Crippen LogP contribution in [0.15, 0.2) is 0 Å². The molecule has 0 bridgehead atoms. The van der Waals surface area contributed by atoms with Crippen LogP contribution in [0.2, 0.25) is 0 Å². The van der Waals surface area contributed by atoms with E-state index >= 15 is 0 Å². The molecule has 0 aliphatic rings. The third kappa shape index (κ3) is 7.73. The van der Waals surface area contributed by atoms with Crippen LogP contribution in [0, 0.1) is 0 Å². The smallest absolute Gasteiger partial charge is 0.328 e. The number of carbonyl (C=O) groups is 3. The number of carboxylic acid groups (broad SMARTS) is 1. The molecule has 20 heavy (non-hydrogen) atoms. The molecule has 0 aromatic heterocycles. The summed E-state index contributed by atoms with van der Waals surface area (Å²) in [7, 11) is 1.24. The van der Waals surface area contributed by atoms with Crippen LogP contribution in [0.1, 0.15) is 45.4 Å². The fourth-order valence-electron chi connectivity index (χ4n) is 1.73. The quantitative estimate of drug-likeness (QED) is 0.396. The fraction of sp³-hybridized carbons (Fsp3) is 0.769. The van der Waals surface area contributed by atoms with Crippen molar-refractivity contribution in [3.63, 3.8) is 0 Å². The van der Waals surface area contributed by atoms with Crippen LogP contribution < -0.4 is 11.1 Å². The maximum absolute atomic E-state index is 11.7. The van der Waals surface area contributed by atoms with Gasteiger partial charge in [-0.05, 0) is 6.42 Å². The fourth-order valence-corrected chi connectivity index (χ4v) is 1.73. The Morgan fingerprint density at radius 1 is 1.25 bits per heavy atom. The third-order valence-corrected chi connectivity index (χ3v) is 2.88. The van der Waals surface area contributed by atoms with E-state index in [9.17, 15) is 14.4 Å². The van der Waals surface area contributed by atoms with Crippen molar-refractivity contribution in [2.24, 2.45) is 5.73 Å². The molecule has 0 unspecified atom stereocenters. The molecule has 7 heteroatoms. The van der Waals surface area contributed by atoms with Crippen molar-refractivity contribution >= 4 is 17.8 Å². The lowest BCUT2D eigenvalue weighted by Gasteiger charge is -2.18. The summed E-state index contributed by atoms with van der Waals surface area (Å²) in [6.07, 6.45) is 3.84. The third-order valence-electron chi connectivity index (χ3n) is 2.88. The van der Waals surface area contributed by atoms with E-state index in [1.165, 1.54) is 7.11 Å². The van der Waals surface area contributed by atoms with E-state index in [1.54, 1.807) is 0 Å². The Labute approximate surface area is 118 Å². The Bertz CT molecular complexity index is 333. The predicted octanol–water partition coefficient (Wildman–Crippen LogP) is 0.417. The highest BCUT2D eigenvalue weighted by atomic mass is 16.5. The lowest BCUT2D eigenvalue weighted by molar-refractivity contribution is -0.145. The van der Waals surface area contributed by atoms with Crippen LogP contribution in [-0.2, 0) is 19.1 Å². The molecule has 0 heterocycles. The summed E-state index contributed by atoms with van der Waals surface area (Å²) < 4.78 is 4.62. The molecule has 0 saturated carbocycles. The van der Waals surface area contributed by atoms with Gasteiger partial charge in [0.05, 0.1) is 19.6 Å². The molecule has 0 aromatic rings. The van der Waals surface area contributed by atoms with Crippen LogP contribution >= 0.6 is 0 Å². The zero-order valence-corrected chi connectivity index (χ0v) is 12.1. The molecule has 0 fully saturated rings. The van der Waals surface area contributed by atoms with Gasteiger partial charge in [0.2, 0.25) is 5.91 Å². The highest BCUT2D eigenvalue weighted by molar-refractivity contribution is 5.89. The van der Waals surface area contributed by atoms with Crippen molar-refractivity contribution in [3.05, 3.63) is 0 Å². The van der Waals surface area contributed by atoms with Crippen molar-refractivity contribution in [2.45, 2.75) is 57.5 Å². The van der Waals surface area contributed by atoms with Crippen molar-refractivity contribution in [3.8, 4) is 0 Å². The average molecular weight is 288 g/mol. The van der Waals surface area contributed by atoms with Gasteiger partial charge in [-0.15, -0.1) is 0 Å². The number of hydrogen-bond donors (Lipinski definition) is 3. The van der Waals surface area contributed by atoms with Gasteiger partial charge in [0.25, 0.3) is 0 Å².